The van der Waals surface area contributed by atoms with Crippen molar-refractivity contribution in [3.8, 4) is 5.75 Å². The van der Waals surface area contributed by atoms with Gasteiger partial charge >= 0.3 is 0 Å². The normalized spacial score (nSPS) is 9.56. The number of ether oxygens (including phenoxy) is 1. The minimum Gasteiger partial charge on any atom is -0.486 e. The highest BCUT2D eigenvalue weighted by Crippen LogP contribution is 2.18. The van der Waals surface area contributed by atoms with Crippen molar-refractivity contribution in [2.75, 3.05) is 6.61 Å². The molecule has 0 heterocycles. The molecule has 1 rings (SSSR count). The fraction of sp³-hybridized carbons (Fsp3) is 0.231. The molecule has 1 aromatic rings. The van der Waals surface area contributed by atoms with Crippen LogP contribution in [0.1, 0.15) is 12.5 Å². The van der Waals surface area contributed by atoms with Gasteiger partial charge in [-0.2, -0.15) is 0 Å². The van der Waals surface area contributed by atoms with Crippen LogP contribution in [0.25, 0.3) is 0 Å². The van der Waals surface area contributed by atoms with E-state index in [1.165, 1.54) is 13.0 Å². The highest BCUT2D eigenvalue weighted by molar-refractivity contribution is 5.91. The lowest BCUT2D eigenvalue weighted by Gasteiger charge is -2.08. The molecule has 0 radical (unpaired) electrons. The van der Waals surface area contributed by atoms with Gasteiger partial charge in [-0.3, -0.25) is 9.59 Å². The molecule has 0 aliphatic rings. The molecule has 0 atom stereocenters. The van der Waals surface area contributed by atoms with Gasteiger partial charge in [0.2, 0.25) is 0 Å². The molecule has 1 aromatic carbocycles. The summed E-state index contributed by atoms with van der Waals surface area (Å²) in [5.74, 6) is 0.455. The number of Topliss-reactive ketones (excluding diaryl/α,β-unsaturated/α-hetero) is 1. The number of para-hydroxylation sites is 1. The molecule has 0 aliphatic carbocycles. The molecular formula is C13H14O3. The first-order chi connectivity index (χ1) is 7.63. The molecule has 0 spiro atoms. The van der Waals surface area contributed by atoms with E-state index in [4.69, 9.17) is 4.74 Å². The number of hydrogen-bond donors (Lipinski definition) is 0. The molecule has 0 bridgehead atoms. The zero-order chi connectivity index (χ0) is 12.0. The number of allylic oxidation sites excluding steroid dienone is 1. The first kappa shape index (κ1) is 12.2. The summed E-state index contributed by atoms with van der Waals surface area (Å²) in [7, 11) is 0. The quantitative estimate of drug-likeness (QED) is 0.685. The van der Waals surface area contributed by atoms with Crippen LogP contribution >= 0.6 is 0 Å². The molecule has 0 amide bonds. The lowest BCUT2D eigenvalue weighted by Crippen LogP contribution is -2.09. The van der Waals surface area contributed by atoms with Crippen LogP contribution < -0.4 is 4.74 Å². The van der Waals surface area contributed by atoms with E-state index in [-0.39, 0.29) is 24.6 Å². The second kappa shape index (κ2) is 5.85. The van der Waals surface area contributed by atoms with Crippen molar-refractivity contribution in [3.05, 3.63) is 42.5 Å². The lowest BCUT2D eigenvalue weighted by molar-refractivity contribution is -0.118. The molecule has 3 heteroatoms. The van der Waals surface area contributed by atoms with Gasteiger partial charge in [0, 0.05) is 12.0 Å². The Morgan fingerprint density at radius 2 is 2.06 bits per heavy atom. The van der Waals surface area contributed by atoms with Crippen molar-refractivity contribution in [2.24, 2.45) is 0 Å². The van der Waals surface area contributed by atoms with E-state index in [0.717, 1.165) is 5.56 Å². The maximum atomic E-state index is 11.2. The van der Waals surface area contributed by atoms with Gasteiger partial charge in [0.05, 0.1) is 0 Å². The molecular weight excluding hydrogens is 204 g/mol. The van der Waals surface area contributed by atoms with Gasteiger partial charge < -0.3 is 4.74 Å². The van der Waals surface area contributed by atoms with Crippen molar-refractivity contribution in [2.45, 2.75) is 13.3 Å². The van der Waals surface area contributed by atoms with Crippen LogP contribution in [0.2, 0.25) is 0 Å². The molecule has 0 unspecified atom stereocenters. The molecule has 84 valence electrons. The van der Waals surface area contributed by atoms with Crippen molar-refractivity contribution < 1.29 is 14.3 Å². The summed E-state index contributed by atoms with van der Waals surface area (Å²) in [5.41, 5.74) is 0.772. The fourth-order valence-corrected chi connectivity index (χ4v) is 1.23. The Morgan fingerprint density at radius 3 is 2.69 bits per heavy atom. The van der Waals surface area contributed by atoms with Crippen molar-refractivity contribution >= 4 is 11.6 Å². The highest BCUT2D eigenvalue weighted by Gasteiger charge is 2.06. The zero-order valence-electron chi connectivity index (χ0n) is 9.23. The third kappa shape index (κ3) is 3.69. The fourth-order valence-electron chi connectivity index (χ4n) is 1.23. The van der Waals surface area contributed by atoms with Crippen LogP contribution in [-0.4, -0.2) is 18.2 Å². The van der Waals surface area contributed by atoms with E-state index >= 15 is 0 Å². The van der Waals surface area contributed by atoms with Crippen LogP contribution in [0, 0.1) is 0 Å². The van der Waals surface area contributed by atoms with Gasteiger partial charge in [-0.25, -0.2) is 0 Å². The smallest absolute Gasteiger partial charge is 0.167 e. The number of benzene rings is 1. The molecule has 0 fully saturated rings. The summed E-state index contributed by atoms with van der Waals surface area (Å²) in [4.78, 5) is 22.0. The topological polar surface area (TPSA) is 43.4 Å². The number of carbonyl (C=O) groups excluding carboxylic acids is 2. The Hall–Kier alpha value is -1.90. The predicted octanol–water partition coefficient (Wildman–Crippen LogP) is 1.95. The summed E-state index contributed by atoms with van der Waals surface area (Å²) in [5, 5.41) is 0. The summed E-state index contributed by atoms with van der Waals surface area (Å²) in [6.45, 7) is 4.90. The van der Waals surface area contributed by atoms with E-state index in [1.807, 2.05) is 6.07 Å². The SMILES string of the molecule is C=CC(=O)Cc1ccccc1OCC(C)=O. The Labute approximate surface area is 94.7 Å². The molecule has 0 saturated heterocycles. The van der Waals surface area contributed by atoms with Crippen LogP contribution in [0.5, 0.6) is 5.75 Å². The van der Waals surface area contributed by atoms with E-state index < -0.39 is 0 Å². The zero-order valence-corrected chi connectivity index (χ0v) is 9.23. The van der Waals surface area contributed by atoms with E-state index in [1.54, 1.807) is 18.2 Å². The van der Waals surface area contributed by atoms with Crippen LogP contribution in [0.15, 0.2) is 36.9 Å². The van der Waals surface area contributed by atoms with Crippen LogP contribution in [-0.2, 0) is 16.0 Å². The van der Waals surface area contributed by atoms with Crippen LogP contribution in [0.3, 0.4) is 0 Å². The largest absolute Gasteiger partial charge is 0.486 e. The third-order valence-corrected chi connectivity index (χ3v) is 2.00. The average Bonchev–Trinajstić information content (AvgIpc) is 2.27. The predicted molar refractivity (Wildman–Crippen MR) is 61.5 cm³/mol. The number of carbonyl (C=O) groups is 2. The molecule has 0 aromatic heterocycles. The maximum absolute atomic E-state index is 11.2. The molecule has 0 N–H and O–H groups in total. The first-order valence-electron chi connectivity index (χ1n) is 4.99. The number of rotatable bonds is 6. The molecule has 3 nitrogen and oxygen atoms in total. The van der Waals surface area contributed by atoms with Gasteiger partial charge in [-0.05, 0) is 19.1 Å². The Morgan fingerprint density at radius 1 is 1.38 bits per heavy atom. The van der Waals surface area contributed by atoms with Crippen molar-refractivity contribution in [3.63, 3.8) is 0 Å². The van der Waals surface area contributed by atoms with Gasteiger partial charge in [-0.1, -0.05) is 24.8 Å². The van der Waals surface area contributed by atoms with Crippen LogP contribution in [0.4, 0.5) is 0 Å². The summed E-state index contributed by atoms with van der Waals surface area (Å²) in [6, 6.07) is 7.18. The number of hydrogen-bond acceptors (Lipinski definition) is 3. The van der Waals surface area contributed by atoms with Gasteiger partial charge in [0.15, 0.2) is 11.6 Å². The molecule has 0 saturated carbocycles. The molecule has 16 heavy (non-hydrogen) atoms. The van der Waals surface area contributed by atoms with E-state index in [9.17, 15) is 9.59 Å². The summed E-state index contributed by atoms with van der Waals surface area (Å²) in [6.07, 6.45) is 1.53. The standard InChI is InChI=1S/C13H14O3/c1-3-12(15)8-11-6-4-5-7-13(11)16-9-10(2)14/h3-7H,1,8-9H2,2H3. The van der Waals surface area contributed by atoms with Gasteiger partial charge in [-0.15, -0.1) is 0 Å². The Kier molecular flexibility index (Phi) is 4.45. The third-order valence-electron chi connectivity index (χ3n) is 2.00. The lowest BCUT2D eigenvalue weighted by atomic mass is 10.1. The number of ketones is 2. The van der Waals surface area contributed by atoms with Gasteiger partial charge in [0.1, 0.15) is 12.4 Å². The minimum absolute atomic E-state index is 0.0271. The average molecular weight is 218 g/mol. The monoisotopic (exact) mass is 218 g/mol. The first-order valence-corrected chi connectivity index (χ1v) is 4.99. The van der Waals surface area contributed by atoms with E-state index in [2.05, 4.69) is 6.58 Å². The maximum Gasteiger partial charge on any atom is 0.167 e. The van der Waals surface area contributed by atoms with E-state index in [0.29, 0.717) is 5.75 Å². The van der Waals surface area contributed by atoms with Crippen molar-refractivity contribution in [1.29, 1.82) is 0 Å². The Balaban J connectivity index is 2.78. The second-order valence-electron chi connectivity index (χ2n) is 3.45. The summed E-state index contributed by atoms with van der Waals surface area (Å²) < 4.78 is 5.31. The highest BCUT2D eigenvalue weighted by atomic mass is 16.5. The van der Waals surface area contributed by atoms with Gasteiger partial charge in [0.25, 0.3) is 0 Å². The minimum atomic E-state index is -0.0705. The second-order valence-corrected chi connectivity index (χ2v) is 3.45. The molecule has 0 aliphatic heterocycles. The van der Waals surface area contributed by atoms with Crippen molar-refractivity contribution in [1.82, 2.24) is 0 Å². The Bertz CT molecular complexity index is 407. The summed E-state index contributed by atoms with van der Waals surface area (Å²) >= 11 is 0.